The van der Waals surface area contributed by atoms with Crippen LogP contribution in [-0.2, 0) is 6.54 Å². The van der Waals surface area contributed by atoms with Gasteiger partial charge in [0, 0.05) is 18.4 Å². The smallest absolute Gasteiger partial charge is 0.230 e. The maximum Gasteiger partial charge on any atom is 0.230 e. The average molecular weight is 395 g/mol. The van der Waals surface area contributed by atoms with Gasteiger partial charge in [0.1, 0.15) is 6.33 Å². The molecule has 1 fully saturated rings. The molecule has 0 bridgehead atoms. The molecule has 2 N–H and O–H groups in total. The van der Waals surface area contributed by atoms with Crippen LogP contribution in [0.5, 0.6) is 0 Å². The summed E-state index contributed by atoms with van der Waals surface area (Å²) in [7, 11) is 0. The van der Waals surface area contributed by atoms with E-state index in [9.17, 15) is 0 Å². The number of nitrogens with zero attached hydrogens (tertiary/aromatic N) is 7. The molecule has 0 spiro atoms. The highest BCUT2D eigenvalue weighted by molar-refractivity contribution is 6.31. The molecule has 1 atom stereocenters. The van der Waals surface area contributed by atoms with Crippen molar-refractivity contribution in [2.45, 2.75) is 25.4 Å². The minimum atomic E-state index is 0.0383. The SMILES string of the molecule is Nc1ncnc(N2CCCC2C2=Nn3ccc(Cl)c3CN2c2ccccc2)n1. The van der Waals surface area contributed by atoms with Gasteiger partial charge < -0.3 is 15.5 Å². The Morgan fingerprint density at radius 1 is 1.11 bits per heavy atom. The van der Waals surface area contributed by atoms with Crippen LogP contribution in [0.25, 0.3) is 0 Å². The molecule has 1 aromatic carbocycles. The number of benzene rings is 1. The Morgan fingerprint density at radius 2 is 1.96 bits per heavy atom. The summed E-state index contributed by atoms with van der Waals surface area (Å²) in [6.45, 7) is 1.49. The number of fused-ring (bicyclic) bond motifs is 1. The molecule has 8 nitrogen and oxygen atoms in total. The molecule has 1 unspecified atom stereocenters. The molecule has 9 heteroatoms. The van der Waals surface area contributed by atoms with Crippen molar-refractivity contribution < 1.29 is 0 Å². The summed E-state index contributed by atoms with van der Waals surface area (Å²) in [5, 5.41) is 5.65. The molecular weight excluding hydrogens is 376 g/mol. The van der Waals surface area contributed by atoms with Gasteiger partial charge in [0.05, 0.1) is 23.3 Å². The normalized spacial score (nSPS) is 18.9. The number of nitrogens with two attached hydrogens (primary N) is 1. The number of amidine groups is 1. The second-order valence-corrected chi connectivity index (χ2v) is 7.24. The van der Waals surface area contributed by atoms with E-state index in [0.717, 1.165) is 41.6 Å². The number of aromatic nitrogens is 4. The first kappa shape index (κ1) is 17.0. The molecule has 0 aliphatic carbocycles. The summed E-state index contributed by atoms with van der Waals surface area (Å²) in [6, 6.07) is 12.2. The monoisotopic (exact) mass is 394 g/mol. The van der Waals surface area contributed by atoms with E-state index in [-0.39, 0.29) is 12.0 Å². The molecule has 142 valence electrons. The lowest BCUT2D eigenvalue weighted by Crippen LogP contribution is -2.48. The molecule has 2 aliphatic heterocycles. The third-order valence-corrected chi connectivity index (χ3v) is 5.51. The number of para-hydroxylation sites is 1. The summed E-state index contributed by atoms with van der Waals surface area (Å²) in [5.41, 5.74) is 7.84. The topological polar surface area (TPSA) is 88.5 Å². The van der Waals surface area contributed by atoms with Crippen LogP contribution in [0.2, 0.25) is 5.02 Å². The van der Waals surface area contributed by atoms with Crippen molar-refractivity contribution in [3.05, 3.63) is 59.6 Å². The van der Waals surface area contributed by atoms with E-state index in [2.05, 4.69) is 36.9 Å². The predicted molar refractivity (Wildman–Crippen MR) is 110 cm³/mol. The van der Waals surface area contributed by atoms with Crippen LogP contribution in [-0.4, -0.2) is 38.1 Å². The summed E-state index contributed by atoms with van der Waals surface area (Å²) in [5.74, 6) is 1.75. The molecule has 1 saturated heterocycles. The number of rotatable bonds is 3. The highest BCUT2D eigenvalue weighted by Gasteiger charge is 2.37. The number of halogens is 1. The Labute approximate surface area is 167 Å². The van der Waals surface area contributed by atoms with Crippen molar-refractivity contribution in [1.82, 2.24) is 19.6 Å². The minimum absolute atomic E-state index is 0.0383. The summed E-state index contributed by atoms with van der Waals surface area (Å²) in [6.07, 6.45) is 5.34. The van der Waals surface area contributed by atoms with Crippen LogP contribution in [0.15, 0.2) is 54.0 Å². The van der Waals surface area contributed by atoms with Gasteiger partial charge in [-0.1, -0.05) is 29.8 Å². The molecule has 0 amide bonds. The van der Waals surface area contributed by atoms with Crippen LogP contribution in [0, 0.1) is 0 Å². The second kappa shape index (κ2) is 6.79. The molecular formula is C19H19ClN8. The number of nitrogen functional groups attached to an aromatic ring is 1. The van der Waals surface area contributed by atoms with Gasteiger partial charge in [-0.2, -0.15) is 10.1 Å². The lowest BCUT2D eigenvalue weighted by molar-refractivity contribution is 0.700. The first-order valence-electron chi connectivity index (χ1n) is 9.19. The maximum absolute atomic E-state index is 6.39. The first-order chi connectivity index (χ1) is 13.7. The Kier molecular flexibility index (Phi) is 4.12. The van der Waals surface area contributed by atoms with Crippen LogP contribution >= 0.6 is 11.6 Å². The number of anilines is 3. The Balaban J connectivity index is 1.59. The lowest BCUT2D eigenvalue weighted by atomic mass is 10.1. The van der Waals surface area contributed by atoms with Crippen molar-refractivity contribution >= 4 is 35.0 Å². The lowest BCUT2D eigenvalue weighted by Gasteiger charge is -2.36. The molecule has 28 heavy (non-hydrogen) atoms. The minimum Gasteiger partial charge on any atom is -0.368 e. The second-order valence-electron chi connectivity index (χ2n) is 6.83. The van der Waals surface area contributed by atoms with E-state index in [0.29, 0.717) is 12.5 Å². The number of hydrogen-bond acceptors (Lipinski definition) is 7. The highest BCUT2D eigenvalue weighted by Crippen LogP contribution is 2.32. The van der Waals surface area contributed by atoms with E-state index in [1.807, 2.05) is 35.1 Å². The van der Waals surface area contributed by atoms with Gasteiger partial charge in [-0.3, -0.25) is 0 Å². The summed E-state index contributed by atoms with van der Waals surface area (Å²) < 4.78 is 1.87. The Hall–Kier alpha value is -3.13. The van der Waals surface area contributed by atoms with Crippen molar-refractivity contribution in [2.24, 2.45) is 5.10 Å². The fourth-order valence-corrected chi connectivity index (χ4v) is 4.06. The van der Waals surface area contributed by atoms with Gasteiger partial charge in [-0.25, -0.2) is 14.6 Å². The Bertz CT molecular complexity index is 1030. The molecule has 0 radical (unpaired) electrons. The summed E-state index contributed by atoms with van der Waals surface area (Å²) >= 11 is 6.39. The number of hydrogen-bond donors (Lipinski definition) is 1. The van der Waals surface area contributed by atoms with Gasteiger partial charge in [0.2, 0.25) is 11.9 Å². The van der Waals surface area contributed by atoms with E-state index in [4.69, 9.17) is 22.4 Å². The standard InChI is InChI=1S/C19H19ClN8/c20-14-8-10-28-16(14)11-27(13-5-2-1-3-6-13)17(25-28)15-7-4-9-26(15)19-23-12-22-18(21)24-19/h1-3,5-6,8,10,12,15H,4,7,9,11H2,(H2,21,22,23,24). The maximum atomic E-state index is 6.39. The van der Waals surface area contributed by atoms with Gasteiger partial charge in [-0.05, 0) is 31.0 Å². The zero-order chi connectivity index (χ0) is 19.1. The molecule has 3 aromatic rings. The van der Waals surface area contributed by atoms with Crippen molar-refractivity contribution in [3.8, 4) is 0 Å². The molecule has 2 aliphatic rings. The highest BCUT2D eigenvalue weighted by atomic mass is 35.5. The molecule has 5 rings (SSSR count). The quantitative estimate of drug-likeness (QED) is 0.734. The van der Waals surface area contributed by atoms with Gasteiger partial charge in [0.25, 0.3) is 0 Å². The van der Waals surface area contributed by atoms with Crippen molar-refractivity contribution in [3.63, 3.8) is 0 Å². The Morgan fingerprint density at radius 3 is 2.79 bits per heavy atom. The summed E-state index contributed by atoms with van der Waals surface area (Å²) in [4.78, 5) is 16.9. The molecule has 4 heterocycles. The van der Waals surface area contributed by atoms with Crippen LogP contribution in [0.4, 0.5) is 17.6 Å². The fourth-order valence-electron chi connectivity index (χ4n) is 3.86. The third-order valence-electron chi connectivity index (χ3n) is 5.16. The van der Waals surface area contributed by atoms with E-state index in [1.165, 1.54) is 6.33 Å². The van der Waals surface area contributed by atoms with Gasteiger partial charge in [-0.15, -0.1) is 0 Å². The van der Waals surface area contributed by atoms with E-state index in [1.54, 1.807) is 0 Å². The average Bonchev–Trinajstić information content (AvgIpc) is 3.35. The molecule has 2 aromatic heterocycles. The molecule has 0 saturated carbocycles. The zero-order valence-electron chi connectivity index (χ0n) is 15.1. The van der Waals surface area contributed by atoms with Gasteiger partial charge in [0.15, 0.2) is 5.84 Å². The first-order valence-corrected chi connectivity index (χ1v) is 9.57. The van der Waals surface area contributed by atoms with E-state index >= 15 is 0 Å². The van der Waals surface area contributed by atoms with Crippen LogP contribution in [0.1, 0.15) is 18.5 Å². The van der Waals surface area contributed by atoms with Crippen LogP contribution < -0.4 is 15.5 Å². The van der Waals surface area contributed by atoms with E-state index < -0.39 is 0 Å². The van der Waals surface area contributed by atoms with Crippen molar-refractivity contribution in [1.29, 1.82) is 0 Å². The van der Waals surface area contributed by atoms with Crippen molar-refractivity contribution in [2.75, 3.05) is 22.1 Å². The third kappa shape index (κ3) is 2.86. The van der Waals surface area contributed by atoms with Gasteiger partial charge >= 0.3 is 0 Å². The fraction of sp³-hybridized carbons (Fsp3) is 0.263. The largest absolute Gasteiger partial charge is 0.368 e. The zero-order valence-corrected chi connectivity index (χ0v) is 15.9. The van der Waals surface area contributed by atoms with Crippen LogP contribution in [0.3, 0.4) is 0 Å². The predicted octanol–water partition coefficient (Wildman–Crippen LogP) is 2.76.